The summed E-state index contributed by atoms with van der Waals surface area (Å²) >= 11 is 3.33. The van der Waals surface area contributed by atoms with Gasteiger partial charge in [0.25, 0.3) is 0 Å². The Hall–Kier alpha value is -0.170. The SMILES string of the molecule is CNC(C)(CO)CC(C)Sc1nnc(C)s1. The van der Waals surface area contributed by atoms with Gasteiger partial charge in [0.1, 0.15) is 5.01 Å². The van der Waals surface area contributed by atoms with E-state index in [1.54, 1.807) is 23.1 Å². The fourth-order valence-corrected chi connectivity index (χ4v) is 3.77. The molecule has 0 saturated heterocycles. The smallest absolute Gasteiger partial charge is 0.174 e. The maximum Gasteiger partial charge on any atom is 0.174 e. The van der Waals surface area contributed by atoms with Gasteiger partial charge >= 0.3 is 0 Å². The van der Waals surface area contributed by atoms with Gasteiger partial charge in [-0.25, -0.2) is 0 Å². The molecule has 6 heteroatoms. The quantitative estimate of drug-likeness (QED) is 0.763. The van der Waals surface area contributed by atoms with Crippen LogP contribution in [0.4, 0.5) is 0 Å². The average molecular weight is 261 g/mol. The molecule has 0 aliphatic heterocycles. The van der Waals surface area contributed by atoms with Crippen molar-refractivity contribution in [3.63, 3.8) is 0 Å². The zero-order chi connectivity index (χ0) is 12.2. The van der Waals surface area contributed by atoms with E-state index in [1.165, 1.54) is 0 Å². The first-order valence-electron chi connectivity index (χ1n) is 5.25. The van der Waals surface area contributed by atoms with Gasteiger partial charge < -0.3 is 10.4 Å². The first kappa shape index (κ1) is 13.9. The van der Waals surface area contributed by atoms with E-state index in [1.807, 2.05) is 20.9 Å². The Balaban J connectivity index is 2.50. The summed E-state index contributed by atoms with van der Waals surface area (Å²) in [5.74, 6) is 0. The summed E-state index contributed by atoms with van der Waals surface area (Å²) < 4.78 is 1.00. The minimum absolute atomic E-state index is 0.142. The van der Waals surface area contributed by atoms with Crippen molar-refractivity contribution in [1.29, 1.82) is 0 Å². The molecular formula is C10H19N3OS2. The van der Waals surface area contributed by atoms with Crippen molar-refractivity contribution in [2.45, 2.75) is 42.3 Å². The van der Waals surface area contributed by atoms with Crippen molar-refractivity contribution in [3.8, 4) is 0 Å². The van der Waals surface area contributed by atoms with E-state index in [-0.39, 0.29) is 12.1 Å². The van der Waals surface area contributed by atoms with Crippen LogP contribution in [0.2, 0.25) is 0 Å². The van der Waals surface area contributed by atoms with Gasteiger partial charge in [0.05, 0.1) is 6.61 Å². The molecule has 1 aromatic heterocycles. The molecule has 2 N–H and O–H groups in total. The molecule has 0 amide bonds. The van der Waals surface area contributed by atoms with Crippen molar-refractivity contribution >= 4 is 23.1 Å². The number of aliphatic hydroxyl groups excluding tert-OH is 1. The van der Waals surface area contributed by atoms with Crippen LogP contribution < -0.4 is 5.32 Å². The predicted octanol–water partition coefficient (Wildman–Crippen LogP) is 1.69. The molecular weight excluding hydrogens is 242 g/mol. The van der Waals surface area contributed by atoms with E-state index >= 15 is 0 Å². The zero-order valence-electron chi connectivity index (χ0n) is 10.1. The number of nitrogens with one attached hydrogen (secondary N) is 1. The number of hydrogen-bond donors (Lipinski definition) is 2. The van der Waals surface area contributed by atoms with Gasteiger partial charge in [-0.05, 0) is 27.3 Å². The lowest BCUT2D eigenvalue weighted by Crippen LogP contribution is -2.45. The maximum absolute atomic E-state index is 9.31. The van der Waals surface area contributed by atoms with E-state index in [2.05, 4.69) is 22.4 Å². The Kier molecular flexibility index (Phi) is 5.17. The molecule has 1 rings (SSSR count). The number of likely N-dealkylation sites (N-methyl/N-ethyl adjacent to an activating group) is 1. The summed E-state index contributed by atoms with van der Waals surface area (Å²) in [6.07, 6.45) is 0.892. The minimum Gasteiger partial charge on any atom is -0.394 e. The number of nitrogens with zero attached hydrogens (tertiary/aromatic N) is 2. The molecule has 0 aromatic carbocycles. The monoisotopic (exact) mass is 261 g/mol. The van der Waals surface area contributed by atoms with Gasteiger partial charge in [-0.2, -0.15) is 0 Å². The fourth-order valence-electron chi connectivity index (χ4n) is 1.42. The fraction of sp³-hybridized carbons (Fsp3) is 0.800. The third kappa shape index (κ3) is 4.01. The number of aliphatic hydroxyl groups is 1. The first-order valence-corrected chi connectivity index (χ1v) is 6.95. The second-order valence-corrected chi connectivity index (χ2v) is 7.06. The average Bonchev–Trinajstić information content (AvgIpc) is 2.63. The Labute approximate surface area is 105 Å². The molecule has 4 nitrogen and oxygen atoms in total. The number of hydrogen-bond acceptors (Lipinski definition) is 6. The van der Waals surface area contributed by atoms with Crippen LogP contribution >= 0.6 is 23.1 Å². The number of aromatic nitrogens is 2. The molecule has 2 atom stereocenters. The lowest BCUT2D eigenvalue weighted by molar-refractivity contribution is 0.174. The van der Waals surface area contributed by atoms with Crippen LogP contribution in [-0.4, -0.2) is 39.7 Å². The van der Waals surface area contributed by atoms with Gasteiger partial charge in [-0.3, -0.25) is 0 Å². The van der Waals surface area contributed by atoms with Gasteiger partial charge in [0.2, 0.25) is 0 Å². The Morgan fingerprint density at radius 1 is 1.56 bits per heavy atom. The van der Waals surface area contributed by atoms with Gasteiger partial charge in [0, 0.05) is 10.8 Å². The topological polar surface area (TPSA) is 58.0 Å². The molecule has 0 spiro atoms. The largest absolute Gasteiger partial charge is 0.394 e. The second-order valence-electron chi connectivity index (χ2n) is 4.19. The molecule has 16 heavy (non-hydrogen) atoms. The van der Waals surface area contributed by atoms with E-state index in [0.717, 1.165) is 15.8 Å². The standard InChI is InChI=1S/C10H19N3OS2/c1-7(5-10(3,6-14)11-4)15-9-13-12-8(2)16-9/h7,11,14H,5-6H2,1-4H3. The minimum atomic E-state index is -0.216. The van der Waals surface area contributed by atoms with Crippen molar-refractivity contribution < 1.29 is 5.11 Å². The molecule has 0 bridgehead atoms. The molecule has 1 heterocycles. The molecule has 92 valence electrons. The lowest BCUT2D eigenvalue weighted by Gasteiger charge is -2.29. The predicted molar refractivity (Wildman–Crippen MR) is 69.1 cm³/mol. The summed E-state index contributed by atoms with van der Waals surface area (Å²) in [5, 5.41) is 21.9. The van der Waals surface area contributed by atoms with E-state index in [9.17, 15) is 5.11 Å². The molecule has 0 saturated carbocycles. The number of rotatable bonds is 6. The van der Waals surface area contributed by atoms with Crippen LogP contribution in [0.1, 0.15) is 25.3 Å². The summed E-state index contributed by atoms with van der Waals surface area (Å²) in [6.45, 7) is 6.27. The molecule has 0 aliphatic carbocycles. The summed E-state index contributed by atoms with van der Waals surface area (Å²) in [5.41, 5.74) is -0.216. The van der Waals surface area contributed by atoms with Crippen LogP contribution in [0.3, 0.4) is 0 Å². The van der Waals surface area contributed by atoms with Gasteiger partial charge in [-0.15, -0.1) is 10.2 Å². The van der Waals surface area contributed by atoms with Crippen LogP contribution in [0, 0.1) is 6.92 Å². The van der Waals surface area contributed by atoms with E-state index < -0.39 is 0 Å². The van der Waals surface area contributed by atoms with Crippen LogP contribution in [0.5, 0.6) is 0 Å². The lowest BCUT2D eigenvalue weighted by atomic mass is 9.98. The van der Waals surface area contributed by atoms with Crippen molar-refractivity contribution in [2.75, 3.05) is 13.7 Å². The van der Waals surface area contributed by atoms with E-state index in [0.29, 0.717) is 5.25 Å². The normalized spacial score (nSPS) is 17.1. The highest BCUT2D eigenvalue weighted by molar-refractivity contribution is 8.01. The molecule has 1 aromatic rings. The molecule has 0 fully saturated rings. The van der Waals surface area contributed by atoms with Crippen molar-refractivity contribution in [2.24, 2.45) is 0 Å². The zero-order valence-corrected chi connectivity index (χ0v) is 11.8. The Morgan fingerprint density at radius 3 is 2.69 bits per heavy atom. The van der Waals surface area contributed by atoms with Crippen LogP contribution in [0.15, 0.2) is 4.34 Å². The first-order chi connectivity index (χ1) is 7.49. The highest BCUT2D eigenvalue weighted by atomic mass is 32.2. The highest BCUT2D eigenvalue weighted by Gasteiger charge is 2.24. The summed E-state index contributed by atoms with van der Waals surface area (Å²) in [7, 11) is 1.88. The van der Waals surface area contributed by atoms with Crippen LogP contribution in [-0.2, 0) is 0 Å². The van der Waals surface area contributed by atoms with Crippen LogP contribution in [0.25, 0.3) is 0 Å². The van der Waals surface area contributed by atoms with Crippen molar-refractivity contribution in [1.82, 2.24) is 15.5 Å². The third-order valence-electron chi connectivity index (χ3n) is 2.50. The number of thioether (sulfide) groups is 1. The van der Waals surface area contributed by atoms with Gasteiger partial charge in [0.15, 0.2) is 4.34 Å². The Morgan fingerprint density at radius 2 is 2.25 bits per heavy atom. The van der Waals surface area contributed by atoms with Gasteiger partial charge in [-0.1, -0.05) is 30.0 Å². The molecule has 0 radical (unpaired) electrons. The second kappa shape index (κ2) is 5.95. The third-order valence-corrected chi connectivity index (χ3v) is 4.52. The molecule has 2 unspecified atom stereocenters. The Bertz CT molecular complexity index is 326. The summed E-state index contributed by atoms with van der Waals surface area (Å²) in [4.78, 5) is 0. The molecule has 0 aliphatic rings. The van der Waals surface area contributed by atoms with Crippen molar-refractivity contribution in [3.05, 3.63) is 5.01 Å². The number of aryl methyl sites for hydroxylation is 1. The maximum atomic E-state index is 9.31. The highest BCUT2D eigenvalue weighted by Crippen LogP contribution is 2.30. The summed E-state index contributed by atoms with van der Waals surface area (Å²) in [6, 6.07) is 0. The van der Waals surface area contributed by atoms with E-state index in [4.69, 9.17) is 0 Å².